The molecule has 1 saturated carbocycles. The number of hydrogen-bond donors (Lipinski definition) is 2. The van der Waals surface area contributed by atoms with Gasteiger partial charge in [-0.3, -0.25) is 4.90 Å². The highest BCUT2D eigenvalue weighted by atomic mass is 16.5. The molecule has 0 bridgehead atoms. The van der Waals surface area contributed by atoms with Crippen molar-refractivity contribution in [1.82, 2.24) is 4.90 Å². The highest BCUT2D eigenvalue weighted by Gasteiger charge is 2.33. The number of aliphatic hydroxyl groups is 1. The van der Waals surface area contributed by atoms with Gasteiger partial charge in [0.25, 0.3) is 0 Å². The number of hydrogen-bond acceptors (Lipinski definition) is 4. The molecule has 3 N–H and O–H groups in total. The first-order chi connectivity index (χ1) is 9.70. The predicted molar refractivity (Wildman–Crippen MR) is 80.3 cm³/mol. The molecule has 4 nitrogen and oxygen atoms in total. The van der Waals surface area contributed by atoms with Crippen LogP contribution in [0, 0.1) is 5.92 Å². The number of likely N-dealkylation sites (N-methyl/N-ethyl adjacent to an activating group) is 1. The third-order valence-electron chi connectivity index (χ3n) is 3.89. The fraction of sp³-hybridized carbons (Fsp3) is 0.625. The van der Waals surface area contributed by atoms with Crippen molar-refractivity contribution in [2.75, 3.05) is 26.7 Å². The van der Waals surface area contributed by atoms with Gasteiger partial charge < -0.3 is 15.6 Å². The lowest BCUT2D eigenvalue weighted by Crippen LogP contribution is -2.44. The third kappa shape index (κ3) is 4.87. The van der Waals surface area contributed by atoms with Gasteiger partial charge >= 0.3 is 0 Å². The van der Waals surface area contributed by atoms with Crippen LogP contribution in [0.1, 0.15) is 18.4 Å². The Morgan fingerprint density at radius 2 is 2.05 bits per heavy atom. The van der Waals surface area contributed by atoms with E-state index < -0.39 is 6.10 Å². The van der Waals surface area contributed by atoms with E-state index in [0.29, 0.717) is 32.3 Å². The summed E-state index contributed by atoms with van der Waals surface area (Å²) in [4.78, 5) is 2.17. The molecule has 0 heterocycles. The number of ether oxygens (including phenoxy) is 1. The zero-order chi connectivity index (χ0) is 14.4. The van der Waals surface area contributed by atoms with E-state index >= 15 is 0 Å². The van der Waals surface area contributed by atoms with Gasteiger partial charge in [-0.05, 0) is 31.4 Å². The van der Waals surface area contributed by atoms with Crippen molar-refractivity contribution in [2.45, 2.75) is 31.6 Å². The van der Waals surface area contributed by atoms with Gasteiger partial charge in [-0.25, -0.2) is 0 Å². The van der Waals surface area contributed by atoms with Gasteiger partial charge in [0.1, 0.15) is 0 Å². The van der Waals surface area contributed by atoms with Crippen LogP contribution in [0.15, 0.2) is 30.3 Å². The molecule has 2 atom stereocenters. The maximum absolute atomic E-state index is 10.0. The van der Waals surface area contributed by atoms with E-state index in [0.717, 1.165) is 11.5 Å². The molecule has 1 aromatic rings. The highest BCUT2D eigenvalue weighted by Crippen LogP contribution is 2.34. The normalized spacial score (nSPS) is 18.2. The largest absolute Gasteiger partial charge is 0.389 e. The smallest absolute Gasteiger partial charge is 0.0900 e. The van der Waals surface area contributed by atoms with E-state index in [4.69, 9.17) is 10.5 Å². The molecule has 0 spiro atoms. The maximum Gasteiger partial charge on any atom is 0.0900 e. The number of nitrogens with two attached hydrogens (primary N) is 1. The monoisotopic (exact) mass is 278 g/mol. The summed E-state index contributed by atoms with van der Waals surface area (Å²) in [5, 5.41) is 10.0. The van der Waals surface area contributed by atoms with E-state index in [2.05, 4.69) is 4.90 Å². The Morgan fingerprint density at radius 3 is 2.65 bits per heavy atom. The first-order valence-corrected chi connectivity index (χ1v) is 7.40. The first-order valence-electron chi connectivity index (χ1n) is 7.40. The van der Waals surface area contributed by atoms with Crippen LogP contribution in [0.4, 0.5) is 0 Å². The predicted octanol–water partition coefficient (Wildman–Crippen LogP) is 1.23. The van der Waals surface area contributed by atoms with Gasteiger partial charge in [0.2, 0.25) is 0 Å². The van der Waals surface area contributed by atoms with Gasteiger partial charge in [0.15, 0.2) is 0 Å². The second-order valence-electron chi connectivity index (χ2n) is 5.73. The Labute approximate surface area is 121 Å². The molecule has 2 rings (SSSR count). The summed E-state index contributed by atoms with van der Waals surface area (Å²) in [6.45, 7) is 2.19. The molecule has 1 aromatic carbocycles. The lowest BCUT2D eigenvalue weighted by Gasteiger charge is -2.28. The summed E-state index contributed by atoms with van der Waals surface area (Å²) >= 11 is 0. The Bertz CT molecular complexity index is 381. The van der Waals surface area contributed by atoms with Crippen molar-refractivity contribution in [3.8, 4) is 0 Å². The minimum atomic E-state index is -0.462. The van der Waals surface area contributed by atoms with Crippen molar-refractivity contribution in [3.05, 3.63) is 35.9 Å². The number of nitrogens with zero attached hydrogens (tertiary/aromatic N) is 1. The minimum Gasteiger partial charge on any atom is -0.389 e. The maximum atomic E-state index is 10.0. The summed E-state index contributed by atoms with van der Waals surface area (Å²) < 4.78 is 5.56. The van der Waals surface area contributed by atoms with Crippen molar-refractivity contribution < 1.29 is 9.84 Å². The number of benzene rings is 1. The van der Waals surface area contributed by atoms with Gasteiger partial charge in [0, 0.05) is 19.1 Å². The van der Waals surface area contributed by atoms with Crippen LogP contribution in [0.2, 0.25) is 0 Å². The summed E-state index contributed by atoms with van der Waals surface area (Å²) in [6, 6.07) is 10.4. The second-order valence-corrected chi connectivity index (χ2v) is 5.73. The molecule has 0 aliphatic heterocycles. The fourth-order valence-electron chi connectivity index (χ4n) is 2.62. The Hall–Kier alpha value is -0.940. The lowest BCUT2D eigenvalue weighted by molar-refractivity contribution is 0.00663. The number of aliphatic hydroxyl groups excluding tert-OH is 1. The van der Waals surface area contributed by atoms with Gasteiger partial charge in [-0.2, -0.15) is 0 Å². The topological polar surface area (TPSA) is 58.7 Å². The molecule has 112 valence electrons. The molecule has 0 radical (unpaired) electrons. The standard InChI is InChI=1S/C16H26N2O2/c1-18(16(9-17)14-7-8-14)10-15(19)12-20-11-13-5-3-2-4-6-13/h2-6,14-16,19H,7-12,17H2,1H3. The Morgan fingerprint density at radius 1 is 1.35 bits per heavy atom. The molecule has 1 fully saturated rings. The van der Waals surface area contributed by atoms with Crippen LogP contribution >= 0.6 is 0 Å². The highest BCUT2D eigenvalue weighted by molar-refractivity contribution is 5.13. The quantitative estimate of drug-likeness (QED) is 0.713. The fourth-order valence-corrected chi connectivity index (χ4v) is 2.62. The number of rotatable bonds is 9. The van der Waals surface area contributed by atoms with Crippen molar-refractivity contribution in [3.63, 3.8) is 0 Å². The Kier molecular flexibility index (Phi) is 5.98. The molecular formula is C16H26N2O2. The van der Waals surface area contributed by atoms with Gasteiger partial charge in [-0.1, -0.05) is 30.3 Å². The van der Waals surface area contributed by atoms with Crippen LogP contribution < -0.4 is 5.73 Å². The SMILES string of the molecule is CN(CC(O)COCc1ccccc1)C(CN)C1CC1. The second kappa shape index (κ2) is 7.74. The van der Waals surface area contributed by atoms with E-state index in [-0.39, 0.29) is 0 Å². The molecular weight excluding hydrogens is 252 g/mol. The first kappa shape index (κ1) is 15.4. The summed E-state index contributed by atoms with van der Waals surface area (Å²) in [6.07, 6.45) is 2.08. The van der Waals surface area contributed by atoms with E-state index in [1.54, 1.807) is 0 Å². The summed E-state index contributed by atoms with van der Waals surface area (Å²) in [5.41, 5.74) is 6.94. The minimum absolute atomic E-state index is 0.362. The van der Waals surface area contributed by atoms with Gasteiger partial charge in [-0.15, -0.1) is 0 Å². The van der Waals surface area contributed by atoms with Crippen molar-refractivity contribution in [1.29, 1.82) is 0 Å². The molecule has 1 aliphatic carbocycles. The molecule has 4 heteroatoms. The Balaban J connectivity index is 1.65. The summed E-state index contributed by atoms with van der Waals surface area (Å²) in [5.74, 6) is 0.724. The average molecular weight is 278 g/mol. The van der Waals surface area contributed by atoms with Gasteiger partial charge in [0.05, 0.1) is 19.3 Å². The van der Waals surface area contributed by atoms with E-state index in [1.807, 2.05) is 37.4 Å². The third-order valence-corrected chi connectivity index (χ3v) is 3.89. The lowest BCUT2D eigenvalue weighted by atomic mass is 10.1. The summed E-state index contributed by atoms with van der Waals surface area (Å²) in [7, 11) is 2.04. The average Bonchev–Trinajstić information content (AvgIpc) is 3.25. The molecule has 0 aromatic heterocycles. The molecule has 2 unspecified atom stereocenters. The molecule has 20 heavy (non-hydrogen) atoms. The van der Waals surface area contributed by atoms with E-state index in [9.17, 15) is 5.11 Å². The molecule has 0 saturated heterocycles. The van der Waals surface area contributed by atoms with Crippen LogP contribution in [0.5, 0.6) is 0 Å². The van der Waals surface area contributed by atoms with E-state index in [1.165, 1.54) is 12.8 Å². The van der Waals surface area contributed by atoms with Crippen LogP contribution in [0.3, 0.4) is 0 Å². The van der Waals surface area contributed by atoms with Crippen LogP contribution in [0.25, 0.3) is 0 Å². The zero-order valence-electron chi connectivity index (χ0n) is 12.2. The van der Waals surface area contributed by atoms with Crippen LogP contribution in [-0.4, -0.2) is 48.9 Å². The van der Waals surface area contributed by atoms with Crippen molar-refractivity contribution >= 4 is 0 Å². The van der Waals surface area contributed by atoms with Crippen molar-refractivity contribution in [2.24, 2.45) is 11.7 Å². The molecule has 0 amide bonds. The van der Waals surface area contributed by atoms with Crippen LogP contribution in [-0.2, 0) is 11.3 Å². The molecule has 1 aliphatic rings. The zero-order valence-corrected chi connectivity index (χ0v) is 12.2.